The van der Waals surface area contributed by atoms with Crippen molar-refractivity contribution in [3.05, 3.63) is 60.1 Å². The maximum atomic E-state index is 10.6. The van der Waals surface area contributed by atoms with Crippen molar-refractivity contribution < 1.29 is 9.52 Å². The van der Waals surface area contributed by atoms with Gasteiger partial charge >= 0.3 is 0 Å². The molecule has 3 N–H and O–H groups in total. The molecule has 0 fully saturated rings. The molecule has 0 saturated carbocycles. The quantitative estimate of drug-likeness (QED) is 0.764. The SMILES string of the molecule is NCC(O)(CCSCc1ccco1)c1ccccc1. The Labute approximate surface area is 117 Å². The van der Waals surface area contributed by atoms with E-state index in [0.717, 1.165) is 22.8 Å². The Morgan fingerprint density at radius 2 is 1.95 bits per heavy atom. The highest BCUT2D eigenvalue weighted by Crippen LogP contribution is 2.26. The largest absolute Gasteiger partial charge is 0.468 e. The first kappa shape index (κ1) is 14.2. The zero-order valence-electron chi connectivity index (χ0n) is 10.8. The third-order valence-electron chi connectivity index (χ3n) is 3.13. The number of nitrogens with two attached hydrogens (primary N) is 1. The molecule has 3 nitrogen and oxygen atoms in total. The summed E-state index contributed by atoms with van der Waals surface area (Å²) in [5, 5.41) is 10.6. The molecule has 0 bridgehead atoms. The number of thioether (sulfide) groups is 1. The van der Waals surface area contributed by atoms with E-state index in [0.29, 0.717) is 6.42 Å². The van der Waals surface area contributed by atoms with Gasteiger partial charge in [-0.15, -0.1) is 0 Å². The van der Waals surface area contributed by atoms with E-state index < -0.39 is 5.60 Å². The first-order valence-electron chi connectivity index (χ1n) is 6.33. The predicted octanol–water partition coefficient (Wildman–Crippen LogP) is 2.75. The standard InChI is InChI=1S/C15H19NO2S/c16-12-15(17,13-5-2-1-3-6-13)8-10-19-11-14-7-4-9-18-14/h1-7,9,17H,8,10-12,16H2. The second kappa shape index (κ2) is 6.80. The Hall–Kier alpha value is -1.23. The fourth-order valence-corrected chi connectivity index (χ4v) is 2.91. The molecule has 0 aliphatic carbocycles. The van der Waals surface area contributed by atoms with Crippen LogP contribution in [-0.2, 0) is 11.4 Å². The molecule has 0 spiro atoms. The number of benzene rings is 1. The van der Waals surface area contributed by atoms with Crippen LogP contribution in [-0.4, -0.2) is 17.4 Å². The van der Waals surface area contributed by atoms with Crippen LogP contribution in [0.25, 0.3) is 0 Å². The molecule has 1 aromatic heterocycles. The Bertz CT molecular complexity index is 472. The lowest BCUT2D eigenvalue weighted by molar-refractivity contribution is 0.0431. The van der Waals surface area contributed by atoms with Crippen LogP contribution in [0.2, 0.25) is 0 Å². The van der Waals surface area contributed by atoms with Crippen LogP contribution in [0.3, 0.4) is 0 Å². The molecule has 1 heterocycles. The van der Waals surface area contributed by atoms with E-state index in [2.05, 4.69) is 0 Å². The number of hydrogen-bond acceptors (Lipinski definition) is 4. The van der Waals surface area contributed by atoms with E-state index in [1.807, 2.05) is 42.5 Å². The Balaban J connectivity index is 1.85. The number of aliphatic hydroxyl groups is 1. The van der Waals surface area contributed by atoms with Crippen molar-refractivity contribution >= 4 is 11.8 Å². The van der Waals surface area contributed by atoms with Crippen LogP contribution in [0.4, 0.5) is 0 Å². The summed E-state index contributed by atoms with van der Waals surface area (Å²) in [5.41, 5.74) is 5.69. The van der Waals surface area contributed by atoms with Crippen molar-refractivity contribution in [3.63, 3.8) is 0 Å². The van der Waals surface area contributed by atoms with Crippen LogP contribution in [0.5, 0.6) is 0 Å². The number of furan rings is 1. The summed E-state index contributed by atoms with van der Waals surface area (Å²) in [7, 11) is 0. The van der Waals surface area contributed by atoms with Crippen LogP contribution in [0.15, 0.2) is 53.1 Å². The van der Waals surface area contributed by atoms with Crippen molar-refractivity contribution in [1.82, 2.24) is 0 Å². The summed E-state index contributed by atoms with van der Waals surface area (Å²) in [6.07, 6.45) is 2.31. The molecular weight excluding hydrogens is 258 g/mol. The van der Waals surface area contributed by atoms with Crippen molar-refractivity contribution in [2.24, 2.45) is 5.73 Å². The van der Waals surface area contributed by atoms with Crippen molar-refractivity contribution in [1.29, 1.82) is 0 Å². The summed E-state index contributed by atoms with van der Waals surface area (Å²) >= 11 is 1.74. The molecule has 1 atom stereocenters. The van der Waals surface area contributed by atoms with Gasteiger partial charge in [-0.25, -0.2) is 0 Å². The fourth-order valence-electron chi connectivity index (χ4n) is 1.92. The highest BCUT2D eigenvalue weighted by molar-refractivity contribution is 7.98. The fraction of sp³-hybridized carbons (Fsp3) is 0.333. The lowest BCUT2D eigenvalue weighted by Crippen LogP contribution is -2.35. The van der Waals surface area contributed by atoms with Gasteiger partial charge in [0.15, 0.2) is 0 Å². The van der Waals surface area contributed by atoms with Gasteiger partial charge < -0.3 is 15.3 Å². The van der Waals surface area contributed by atoms with E-state index in [9.17, 15) is 5.11 Å². The molecule has 0 amide bonds. The van der Waals surface area contributed by atoms with E-state index in [4.69, 9.17) is 10.2 Å². The lowest BCUT2D eigenvalue weighted by Gasteiger charge is -2.27. The molecule has 0 aliphatic heterocycles. The molecule has 1 aromatic carbocycles. The van der Waals surface area contributed by atoms with Crippen molar-refractivity contribution in [2.45, 2.75) is 17.8 Å². The molecule has 4 heteroatoms. The molecule has 0 saturated heterocycles. The van der Waals surface area contributed by atoms with Crippen LogP contribution in [0, 0.1) is 0 Å². The van der Waals surface area contributed by atoms with Gasteiger partial charge in [-0.3, -0.25) is 0 Å². The Morgan fingerprint density at radius 1 is 1.16 bits per heavy atom. The van der Waals surface area contributed by atoms with E-state index >= 15 is 0 Å². The third-order valence-corrected chi connectivity index (χ3v) is 4.11. The minimum absolute atomic E-state index is 0.234. The normalized spacial score (nSPS) is 14.2. The van der Waals surface area contributed by atoms with Crippen LogP contribution < -0.4 is 5.73 Å². The van der Waals surface area contributed by atoms with Crippen LogP contribution >= 0.6 is 11.8 Å². The van der Waals surface area contributed by atoms with Gasteiger partial charge in [0, 0.05) is 6.54 Å². The van der Waals surface area contributed by atoms with Gasteiger partial charge in [-0.2, -0.15) is 11.8 Å². The molecule has 19 heavy (non-hydrogen) atoms. The van der Waals surface area contributed by atoms with Gasteiger partial charge in [-0.05, 0) is 29.9 Å². The Morgan fingerprint density at radius 3 is 2.58 bits per heavy atom. The van der Waals surface area contributed by atoms with E-state index in [-0.39, 0.29) is 6.54 Å². The van der Waals surface area contributed by atoms with Gasteiger partial charge in [-0.1, -0.05) is 30.3 Å². The minimum Gasteiger partial charge on any atom is -0.468 e. The summed E-state index contributed by atoms with van der Waals surface area (Å²) in [4.78, 5) is 0. The average molecular weight is 277 g/mol. The van der Waals surface area contributed by atoms with Gasteiger partial charge in [0.05, 0.1) is 12.0 Å². The molecule has 2 rings (SSSR count). The van der Waals surface area contributed by atoms with E-state index in [1.54, 1.807) is 18.0 Å². The summed E-state index contributed by atoms with van der Waals surface area (Å²) in [6.45, 7) is 0.234. The maximum absolute atomic E-state index is 10.6. The molecule has 0 aliphatic rings. The third kappa shape index (κ3) is 3.86. The second-order valence-corrected chi connectivity index (χ2v) is 5.59. The average Bonchev–Trinajstić information content (AvgIpc) is 2.97. The molecule has 0 radical (unpaired) electrons. The summed E-state index contributed by atoms with van der Waals surface area (Å²) in [6, 6.07) is 13.5. The highest BCUT2D eigenvalue weighted by atomic mass is 32.2. The molecule has 1 unspecified atom stereocenters. The predicted molar refractivity (Wildman–Crippen MR) is 78.9 cm³/mol. The highest BCUT2D eigenvalue weighted by Gasteiger charge is 2.26. The smallest absolute Gasteiger partial charge is 0.113 e. The number of rotatable bonds is 7. The van der Waals surface area contributed by atoms with Crippen molar-refractivity contribution in [2.75, 3.05) is 12.3 Å². The van der Waals surface area contributed by atoms with Gasteiger partial charge in [0.1, 0.15) is 11.4 Å². The first-order chi connectivity index (χ1) is 9.24. The van der Waals surface area contributed by atoms with Gasteiger partial charge in [0.2, 0.25) is 0 Å². The van der Waals surface area contributed by atoms with Crippen molar-refractivity contribution in [3.8, 4) is 0 Å². The molecular formula is C15H19NO2S. The summed E-state index contributed by atoms with van der Waals surface area (Å²) < 4.78 is 5.27. The zero-order chi connectivity index (χ0) is 13.6. The molecule has 102 valence electrons. The topological polar surface area (TPSA) is 59.4 Å². The lowest BCUT2D eigenvalue weighted by atomic mass is 9.91. The monoisotopic (exact) mass is 277 g/mol. The first-order valence-corrected chi connectivity index (χ1v) is 7.48. The minimum atomic E-state index is -0.933. The maximum Gasteiger partial charge on any atom is 0.113 e. The zero-order valence-corrected chi connectivity index (χ0v) is 11.6. The van der Waals surface area contributed by atoms with E-state index in [1.165, 1.54) is 0 Å². The van der Waals surface area contributed by atoms with Gasteiger partial charge in [0.25, 0.3) is 0 Å². The second-order valence-electron chi connectivity index (χ2n) is 4.48. The van der Waals surface area contributed by atoms with Crippen LogP contribution in [0.1, 0.15) is 17.7 Å². The Kier molecular flexibility index (Phi) is 5.07. The number of hydrogen-bond donors (Lipinski definition) is 2. The summed E-state index contributed by atoms with van der Waals surface area (Å²) in [5.74, 6) is 2.62. The molecule has 2 aromatic rings.